The maximum Gasteiger partial charge on any atom is 0.253 e. The Morgan fingerprint density at radius 2 is 1.91 bits per heavy atom. The van der Waals surface area contributed by atoms with Crippen LogP contribution in [0.3, 0.4) is 0 Å². The quantitative estimate of drug-likeness (QED) is 0.504. The third-order valence-corrected chi connectivity index (χ3v) is 6.25. The second-order valence-electron chi connectivity index (χ2n) is 8.44. The number of fused-ring (bicyclic) bond motifs is 1. The molecule has 0 unspecified atom stereocenters. The van der Waals surface area contributed by atoms with Gasteiger partial charge >= 0.3 is 0 Å². The van der Waals surface area contributed by atoms with Gasteiger partial charge in [-0.2, -0.15) is 0 Å². The number of pyridine rings is 1. The molecular weight excluding hydrogens is 404 g/mol. The number of likely N-dealkylation sites (tertiary alicyclic amines) is 1. The predicted molar refractivity (Wildman–Crippen MR) is 121 cm³/mol. The molecule has 3 heterocycles. The predicted octanol–water partition coefficient (Wildman–Crippen LogP) is 2.42. The van der Waals surface area contributed by atoms with Crippen LogP contribution in [-0.2, 0) is 6.54 Å². The molecule has 8 nitrogen and oxygen atoms in total. The van der Waals surface area contributed by atoms with Crippen molar-refractivity contribution in [1.29, 1.82) is 0 Å². The van der Waals surface area contributed by atoms with Crippen LogP contribution < -0.4 is 5.56 Å². The highest BCUT2D eigenvalue weighted by Gasteiger charge is 2.32. The molecule has 0 saturated carbocycles. The number of aryl methyl sites for hydroxylation is 1. The van der Waals surface area contributed by atoms with Crippen molar-refractivity contribution in [3.63, 3.8) is 0 Å². The lowest BCUT2D eigenvalue weighted by atomic mass is 9.99. The Bertz CT molecular complexity index is 1270. The number of aromatic nitrogens is 5. The van der Waals surface area contributed by atoms with E-state index < -0.39 is 6.04 Å². The van der Waals surface area contributed by atoms with Gasteiger partial charge in [-0.25, -0.2) is 4.68 Å². The molecule has 2 aromatic heterocycles. The third kappa shape index (κ3) is 3.94. The zero-order valence-electron chi connectivity index (χ0n) is 18.0. The number of nitrogens with zero attached hydrogens (tertiary/aromatic N) is 5. The van der Waals surface area contributed by atoms with Crippen LogP contribution in [0.2, 0.25) is 0 Å². The van der Waals surface area contributed by atoms with Gasteiger partial charge in [-0.1, -0.05) is 48.5 Å². The number of benzene rings is 2. The second-order valence-corrected chi connectivity index (χ2v) is 8.44. The minimum atomic E-state index is -0.408. The van der Waals surface area contributed by atoms with E-state index in [9.17, 15) is 9.90 Å². The average molecular weight is 431 g/mol. The lowest BCUT2D eigenvalue weighted by Gasteiger charge is -2.35. The highest BCUT2D eigenvalue weighted by molar-refractivity contribution is 5.82. The maximum atomic E-state index is 13.3. The van der Waals surface area contributed by atoms with E-state index in [1.54, 1.807) is 4.68 Å². The molecule has 0 spiro atoms. The average Bonchev–Trinajstić information content (AvgIpc) is 3.24. The van der Waals surface area contributed by atoms with Crippen molar-refractivity contribution in [2.45, 2.75) is 38.5 Å². The number of tetrazole rings is 1. The summed E-state index contributed by atoms with van der Waals surface area (Å²) in [6.07, 6.45) is 0.993. The number of aromatic amines is 1. The van der Waals surface area contributed by atoms with Crippen LogP contribution in [-0.4, -0.2) is 54.4 Å². The number of aliphatic hydroxyl groups is 1. The molecule has 1 saturated heterocycles. The summed E-state index contributed by atoms with van der Waals surface area (Å²) < 4.78 is 1.77. The number of nitrogens with one attached hydrogen (secondary N) is 1. The van der Waals surface area contributed by atoms with Gasteiger partial charge in [-0.15, -0.1) is 5.10 Å². The van der Waals surface area contributed by atoms with Crippen LogP contribution in [0.25, 0.3) is 10.9 Å². The summed E-state index contributed by atoms with van der Waals surface area (Å²) in [6, 6.07) is 17.5. The number of rotatable bonds is 5. The SMILES string of the molecule is Cc1cccc2cc([C@@H](c3nnnn3Cc3ccccc3)N3CCC(O)CC3)c(=O)[nH]c12. The van der Waals surface area contributed by atoms with E-state index in [2.05, 4.69) is 25.4 Å². The van der Waals surface area contributed by atoms with Crippen molar-refractivity contribution >= 4 is 10.9 Å². The van der Waals surface area contributed by atoms with E-state index in [-0.39, 0.29) is 11.7 Å². The number of para-hydroxylation sites is 1. The van der Waals surface area contributed by atoms with Gasteiger partial charge in [0.15, 0.2) is 5.82 Å². The second kappa shape index (κ2) is 8.64. The Morgan fingerprint density at radius 1 is 1.12 bits per heavy atom. The van der Waals surface area contributed by atoms with Crippen molar-refractivity contribution in [1.82, 2.24) is 30.1 Å². The molecule has 1 aliphatic heterocycles. The topological polar surface area (TPSA) is 99.9 Å². The summed E-state index contributed by atoms with van der Waals surface area (Å²) in [5.41, 5.74) is 3.42. The fourth-order valence-electron chi connectivity index (χ4n) is 4.52. The molecule has 0 aliphatic carbocycles. The van der Waals surface area contributed by atoms with E-state index in [0.717, 1.165) is 22.0 Å². The first-order valence-corrected chi connectivity index (χ1v) is 10.9. The number of hydrogen-bond acceptors (Lipinski definition) is 6. The first-order valence-electron chi connectivity index (χ1n) is 10.9. The summed E-state index contributed by atoms with van der Waals surface area (Å²) >= 11 is 0. The van der Waals surface area contributed by atoms with Crippen molar-refractivity contribution in [2.75, 3.05) is 13.1 Å². The third-order valence-electron chi connectivity index (χ3n) is 6.25. The summed E-state index contributed by atoms with van der Waals surface area (Å²) in [6.45, 7) is 3.83. The molecule has 8 heteroatoms. The molecule has 4 aromatic rings. The van der Waals surface area contributed by atoms with E-state index in [0.29, 0.717) is 43.9 Å². The van der Waals surface area contributed by atoms with Crippen LogP contribution >= 0.6 is 0 Å². The van der Waals surface area contributed by atoms with Crippen molar-refractivity contribution in [3.8, 4) is 0 Å². The Kier molecular flexibility index (Phi) is 5.55. The molecule has 0 bridgehead atoms. The standard InChI is InChI=1S/C24H26N6O2/c1-16-6-5-9-18-14-20(24(32)25-21(16)18)22(29-12-10-19(31)11-13-29)23-26-27-28-30(23)15-17-7-3-2-4-8-17/h2-9,14,19,22,31H,10-13,15H2,1H3,(H,25,32)/t22-/m0/s1. The summed E-state index contributed by atoms with van der Waals surface area (Å²) in [5, 5.41) is 23.6. The van der Waals surface area contributed by atoms with Gasteiger partial charge in [0.25, 0.3) is 5.56 Å². The first kappa shape index (κ1) is 20.5. The van der Waals surface area contributed by atoms with Crippen molar-refractivity contribution < 1.29 is 5.11 Å². The monoisotopic (exact) mass is 430 g/mol. The fourth-order valence-corrected chi connectivity index (χ4v) is 4.52. The highest BCUT2D eigenvalue weighted by Crippen LogP contribution is 2.30. The zero-order valence-corrected chi connectivity index (χ0v) is 18.0. The Balaban J connectivity index is 1.62. The number of aliphatic hydroxyl groups excluding tert-OH is 1. The largest absolute Gasteiger partial charge is 0.393 e. The fraction of sp³-hybridized carbons (Fsp3) is 0.333. The van der Waals surface area contributed by atoms with Gasteiger partial charge in [0.1, 0.15) is 6.04 Å². The van der Waals surface area contributed by atoms with Crippen LogP contribution in [0.15, 0.2) is 59.4 Å². The smallest absolute Gasteiger partial charge is 0.253 e. The van der Waals surface area contributed by atoms with E-state index in [1.807, 2.05) is 61.5 Å². The first-order chi connectivity index (χ1) is 15.6. The molecule has 1 atom stereocenters. The molecule has 2 N–H and O–H groups in total. The molecule has 164 valence electrons. The summed E-state index contributed by atoms with van der Waals surface area (Å²) in [5.74, 6) is 0.628. The molecule has 32 heavy (non-hydrogen) atoms. The molecule has 2 aromatic carbocycles. The summed E-state index contributed by atoms with van der Waals surface area (Å²) in [4.78, 5) is 18.6. The molecule has 5 rings (SSSR count). The Labute approximate surface area is 185 Å². The van der Waals surface area contributed by atoms with E-state index >= 15 is 0 Å². The molecular formula is C24H26N6O2. The molecule has 1 aliphatic rings. The lowest BCUT2D eigenvalue weighted by molar-refractivity contribution is 0.0659. The summed E-state index contributed by atoms with van der Waals surface area (Å²) in [7, 11) is 0. The van der Waals surface area contributed by atoms with E-state index in [4.69, 9.17) is 0 Å². The van der Waals surface area contributed by atoms with Crippen LogP contribution in [0.5, 0.6) is 0 Å². The van der Waals surface area contributed by atoms with Gasteiger partial charge in [0.05, 0.1) is 18.2 Å². The maximum absolute atomic E-state index is 13.3. The zero-order chi connectivity index (χ0) is 22.1. The molecule has 0 amide bonds. The lowest BCUT2D eigenvalue weighted by Crippen LogP contribution is -2.41. The Hall–Kier alpha value is -3.36. The number of piperidine rings is 1. The Morgan fingerprint density at radius 3 is 2.69 bits per heavy atom. The van der Waals surface area contributed by atoms with Gasteiger partial charge in [-0.3, -0.25) is 9.69 Å². The van der Waals surface area contributed by atoms with Gasteiger partial charge in [0, 0.05) is 18.7 Å². The van der Waals surface area contributed by atoms with Gasteiger partial charge < -0.3 is 10.1 Å². The minimum Gasteiger partial charge on any atom is -0.393 e. The number of H-pyrrole nitrogens is 1. The van der Waals surface area contributed by atoms with Gasteiger partial charge in [0.2, 0.25) is 0 Å². The highest BCUT2D eigenvalue weighted by atomic mass is 16.3. The molecule has 0 radical (unpaired) electrons. The minimum absolute atomic E-state index is 0.141. The van der Waals surface area contributed by atoms with Crippen LogP contribution in [0.4, 0.5) is 0 Å². The number of hydrogen-bond donors (Lipinski definition) is 2. The van der Waals surface area contributed by atoms with E-state index in [1.165, 1.54) is 0 Å². The van der Waals surface area contributed by atoms with Crippen molar-refractivity contribution in [2.24, 2.45) is 0 Å². The van der Waals surface area contributed by atoms with Crippen LogP contribution in [0.1, 0.15) is 41.4 Å². The van der Waals surface area contributed by atoms with Crippen LogP contribution in [0, 0.1) is 6.92 Å². The normalized spacial score (nSPS) is 16.4. The van der Waals surface area contributed by atoms with Crippen molar-refractivity contribution in [3.05, 3.63) is 87.5 Å². The van der Waals surface area contributed by atoms with Gasteiger partial charge in [-0.05, 0) is 52.8 Å². The molecule has 1 fully saturated rings.